The van der Waals surface area contributed by atoms with Crippen LogP contribution in [0.5, 0.6) is 0 Å². The normalized spacial score (nSPS) is 14.5. The van der Waals surface area contributed by atoms with E-state index in [1.54, 1.807) is 12.1 Å². The van der Waals surface area contributed by atoms with Crippen molar-refractivity contribution in [1.82, 2.24) is 15.1 Å². The summed E-state index contributed by atoms with van der Waals surface area (Å²) >= 11 is 0. The van der Waals surface area contributed by atoms with Crippen LogP contribution >= 0.6 is 0 Å². The number of aromatic nitrogens is 1. The zero-order chi connectivity index (χ0) is 21.9. The first-order chi connectivity index (χ1) is 14.1. The predicted octanol–water partition coefficient (Wildman–Crippen LogP) is 1.34. The van der Waals surface area contributed by atoms with Crippen LogP contribution in [0, 0.1) is 0 Å². The second kappa shape index (κ2) is 8.61. The quantitative estimate of drug-likeness (QED) is 0.735. The maximum Gasteiger partial charge on any atom is 0.493 e. The number of carbonyl (C=O) groups is 2. The molecule has 1 fully saturated rings. The minimum atomic E-state index is -5.28. The molecule has 162 valence electrons. The molecular weight excluding hydrogens is 409 g/mol. The molecule has 1 amide bonds. The SMILES string of the molecule is CC(=O)N(Cn1cc(-c2ccc(N3CCNCC3)cc2)c(=O)o1)OC(=O)C(F)(F)F. The van der Waals surface area contributed by atoms with Gasteiger partial charge in [-0.05, 0) is 17.7 Å². The number of hydroxylamine groups is 2. The van der Waals surface area contributed by atoms with Gasteiger partial charge in [-0.3, -0.25) is 4.79 Å². The van der Waals surface area contributed by atoms with Crippen LogP contribution in [0.2, 0.25) is 0 Å². The summed E-state index contributed by atoms with van der Waals surface area (Å²) < 4.78 is 42.9. The van der Waals surface area contributed by atoms with Crippen LogP contribution in [0.15, 0.2) is 39.8 Å². The van der Waals surface area contributed by atoms with E-state index in [9.17, 15) is 27.6 Å². The second-order valence-corrected chi connectivity index (χ2v) is 6.54. The van der Waals surface area contributed by atoms with Gasteiger partial charge in [0.25, 0.3) is 5.91 Å². The molecule has 0 unspecified atom stereocenters. The van der Waals surface area contributed by atoms with Gasteiger partial charge in [0, 0.05) is 38.8 Å². The summed E-state index contributed by atoms with van der Waals surface area (Å²) in [5, 5.41) is 3.40. The minimum Gasteiger partial charge on any atom is -0.369 e. The van der Waals surface area contributed by atoms with Crippen molar-refractivity contribution in [2.24, 2.45) is 0 Å². The van der Waals surface area contributed by atoms with E-state index in [4.69, 9.17) is 4.52 Å². The molecule has 0 aliphatic carbocycles. The molecule has 0 spiro atoms. The first-order valence-electron chi connectivity index (χ1n) is 8.99. The number of halogens is 3. The number of anilines is 1. The maximum absolute atomic E-state index is 12.4. The van der Waals surface area contributed by atoms with E-state index < -0.39 is 30.3 Å². The van der Waals surface area contributed by atoms with Gasteiger partial charge in [-0.1, -0.05) is 12.1 Å². The smallest absolute Gasteiger partial charge is 0.369 e. The predicted molar refractivity (Wildman–Crippen MR) is 98.2 cm³/mol. The van der Waals surface area contributed by atoms with Crippen molar-refractivity contribution in [2.45, 2.75) is 19.8 Å². The number of benzene rings is 1. The fraction of sp³-hybridized carbons (Fsp3) is 0.389. The number of rotatable bonds is 4. The zero-order valence-corrected chi connectivity index (χ0v) is 15.9. The highest BCUT2D eigenvalue weighted by Crippen LogP contribution is 2.22. The molecule has 3 rings (SSSR count). The van der Waals surface area contributed by atoms with Gasteiger partial charge in [0.15, 0.2) is 6.67 Å². The monoisotopic (exact) mass is 428 g/mol. The molecule has 2 heterocycles. The van der Waals surface area contributed by atoms with E-state index in [1.165, 1.54) is 6.20 Å². The van der Waals surface area contributed by atoms with Gasteiger partial charge in [0.1, 0.15) is 0 Å². The standard InChI is InChI=1S/C18H19F3N4O5/c1-12(26)25(30-17(28)18(19,20)21)11-24-10-15(16(27)29-24)13-2-4-14(5-3-13)23-8-6-22-7-9-23/h2-5,10,22H,6-9,11H2,1H3. The lowest BCUT2D eigenvalue weighted by Crippen LogP contribution is -2.43. The number of nitrogens with one attached hydrogen (secondary N) is 1. The number of hydrogen-bond acceptors (Lipinski definition) is 7. The van der Waals surface area contributed by atoms with Gasteiger partial charge in [0.2, 0.25) is 0 Å². The Bertz CT molecular complexity index is 961. The molecule has 1 saturated heterocycles. The Hall–Kier alpha value is -3.28. The molecule has 1 aliphatic rings. The lowest BCUT2D eigenvalue weighted by molar-refractivity contribution is -0.243. The first-order valence-corrected chi connectivity index (χ1v) is 8.99. The Kier molecular flexibility index (Phi) is 6.15. The second-order valence-electron chi connectivity index (χ2n) is 6.54. The number of amides is 1. The molecule has 1 N–H and O–H groups in total. The average Bonchev–Trinajstić information content (AvgIpc) is 3.07. The Morgan fingerprint density at radius 3 is 2.40 bits per heavy atom. The summed E-state index contributed by atoms with van der Waals surface area (Å²) in [4.78, 5) is 40.9. The topological polar surface area (TPSA) is 97.0 Å². The molecule has 9 nitrogen and oxygen atoms in total. The minimum absolute atomic E-state index is 0.146. The highest BCUT2D eigenvalue weighted by molar-refractivity contribution is 5.79. The third kappa shape index (κ3) is 5.00. The molecule has 0 saturated carbocycles. The van der Waals surface area contributed by atoms with E-state index in [0.29, 0.717) is 5.56 Å². The number of piperazine rings is 1. The Morgan fingerprint density at radius 2 is 1.83 bits per heavy atom. The van der Waals surface area contributed by atoms with Crippen LogP contribution in [0.3, 0.4) is 0 Å². The van der Waals surface area contributed by atoms with Gasteiger partial charge in [-0.25, -0.2) is 9.59 Å². The molecular formula is C18H19F3N4O5. The van der Waals surface area contributed by atoms with Crippen molar-refractivity contribution in [3.8, 4) is 11.1 Å². The van der Waals surface area contributed by atoms with Crippen LogP contribution in [-0.4, -0.2) is 54.0 Å². The van der Waals surface area contributed by atoms with E-state index in [0.717, 1.165) is 43.5 Å². The fourth-order valence-corrected chi connectivity index (χ4v) is 2.89. The van der Waals surface area contributed by atoms with E-state index in [1.807, 2.05) is 12.1 Å². The maximum atomic E-state index is 12.4. The van der Waals surface area contributed by atoms with Crippen LogP contribution in [-0.2, 0) is 21.1 Å². The fourth-order valence-electron chi connectivity index (χ4n) is 2.89. The number of alkyl halides is 3. The van der Waals surface area contributed by atoms with Crippen molar-refractivity contribution >= 4 is 17.6 Å². The van der Waals surface area contributed by atoms with E-state index in [2.05, 4.69) is 15.1 Å². The summed E-state index contributed by atoms with van der Waals surface area (Å²) in [7, 11) is 0. The van der Waals surface area contributed by atoms with Gasteiger partial charge in [-0.15, -0.1) is 5.06 Å². The number of hydrogen-bond donors (Lipinski definition) is 1. The molecule has 0 atom stereocenters. The molecule has 30 heavy (non-hydrogen) atoms. The Balaban J connectivity index is 1.75. The molecule has 1 aliphatic heterocycles. The zero-order valence-electron chi connectivity index (χ0n) is 15.9. The van der Waals surface area contributed by atoms with Gasteiger partial charge in [0.05, 0.1) is 11.8 Å². The number of nitrogens with zero attached hydrogens (tertiary/aromatic N) is 3. The highest BCUT2D eigenvalue weighted by atomic mass is 19.4. The van der Waals surface area contributed by atoms with E-state index in [-0.39, 0.29) is 10.6 Å². The largest absolute Gasteiger partial charge is 0.493 e. The van der Waals surface area contributed by atoms with E-state index >= 15 is 0 Å². The summed E-state index contributed by atoms with van der Waals surface area (Å²) in [6, 6.07) is 7.15. The van der Waals surface area contributed by atoms with Crippen molar-refractivity contribution < 1.29 is 32.1 Å². The van der Waals surface area contributed by atoms with Gasteiger partial charge >= 0.3 is 17.8 Å². The highest BCUT2D eigenvalue weighted by Gasteiger charge is 2.43. The summed E-state index contributed by atoms with van der Waals surface area (Å²) in [5.74, 6) is -3.54. The van der Waals surface area contributed by atoms with Gasteiger partial charge in [-0.2, -0.15) is 17.9 Å². The van der Waals surface area contributed by atoms with Crippen LogP contribution in [0.4, 0.5) is 18.9 Å². The molecule has 12 heteroatoms. The van der Waals surface area contributed by atoms with Crippen molar-refractivity contribution in [3.05, 3.63) is 40.9 Å². The summed E-state index contributed by atoms with van der Waals surface area (Å²) in [6.07, 6.45) is -4.05. The average molecular weight is 428 g/mol. The lowest BCUT2D eigenvalue weighted by atomic mass is 10.1. The molecule has 2 aromatic rings. The lowest BCUT2D eigenvalue weighted by Gasteiger charge is -2.29. The summed E-state index contributed by atoms with van der Waals surface area (Å²) in [5.41, 5.74) is 0.914. The van der Waals surface area contributed by atoms with Crippen molar-refractivity contribution in [2.75, 3.05) is 31.1 Å². The van der Waals surface area contributed by atoms with Gasteiger partial charge < -0.3 is 19.6 Å². The molecule has 0 radical (unpaired) electrons. The van der Waals surface area contributed by atoms with Crippen LogP contribution in [0.25, 0.3) is 11.1 Å². The third-order valence-corrected chi connectivity index (χ3v) is 4.40. The third-order valence-electron chi connectivity index (χ3n) is 4.40. The Labute approximate surface area is 168 Å². The van der Waals surface area contributed by atoms with Crippen molar-refractivity contribution in [3.63, 3.8) is 0 Å². The summed E-state index contributed by atoms with van der Waals surface area (Å²) in [6.45, 7) is 3.65. The van der Waals surface area contributed by atoms with Crippen LogP contribution in [0.1, 0.15) is 6.92 Å². The Morgan fingerprint density at radius 1 is 1.20 bits per heavy atom. The molecule has 1 aromatic heterocycles. The van der Waals surface area contributed by atoms with Crippen molar-refractivity contribution in [1.29, 1.82) is 0 Å². The molecule has 0 bridgehead atoms. The van der Waals surface area contributed by atoms with Crippen LogP contribution < -0.4 is 15.8 Å². The first kappa shape index (κ1) is 21.4. The molecule has 1 aromatic carbocycles. The number of carbonyl (C=O) groups excluding carboxylic acids is 2.